The zero-order chi connectivity index (χ0) is 10.2. The van der Waals surface area contributed by atoms with Crippen LogP contribution < -0.4 is 0 Å². The first-order valence-corrected chi connectivity index (χ1v) is 5.06. The summed E-state index contributed by atoms with van der Waals surface area (Å²) >= 11 is 0. The topological polar surface area (TPSA) is 18.5 Å². The van der Waals surface area contributed by atoms with Gasteiger partial charge in [0.25, 0.3) is 0 Å². The molecule has 2 heteroatoms. The van der Waals surface area contributed by atoms with Crippen molar-refractivity contribution in [2.75, 3.05) is 13.2 Å². The van der Waals surface area contributed by atoms with E-state index < -0.39 is 0 Å². The fourth-order valence-electron chi connectivity index (χ4n) is 1.25. The van der Waals surface area contributed by atoms with Crippen molar-refractivity contribution in [3.63, 3.8) is 0 Å². The minimum atomic E-state index is 0.184. The molecule has 0 saturated carbocycles. The van der Waals surface area contributed by atoms with Gasteiger partial charge in [0, 0.05) is 6.61 Å². The fourth-order valence-corrected chi connectivity index (χ4v) is 1.25. The molecule has 1 atom stereocenters. The zero-order valence-corrected chi connectivity index (χ0v) is 8.90. The van der Waals surface area contributed by atoms with Gasteiger partial charge in [-0.25, -0.2) is 0 Å². The maximum absolute atomic E-state index is 5.51. The lowest BCUT2D eigenvalue weighted by atomic mass is 10.2. The largest absolute Gasteiger partial charge is 0.376 e. The Morgan fingerprint density at radius 1 is 1.21 bits per heavy atom. The Balaban J connectivity index is 2.16. The minimum absolute atomic E-state index is 0.184. The zero-order valence-electron chi connectivity index (χ0n) is 8.90. The molecule has 0 saturated heterocycles. The molecule has 0 bridgehead atoms. The molecule has 0 aromatic heterocycles. The van der Waals surface area contributed by atoms with Gasteiger partial charge in [0.05, 0.1) is 19.3 Å². The van der Waals surface area contributed by atoms with Crippen molar-refractivity contribution in [2.45, 2.75) is 26.6 Å². The number of rotatable bonds is 6. The van der Waals surface area contributed by atoms with E-state index in [9.17, 15) is 0 Å². The van der Waals surface area contributed by atoms with Gasteiger partial charge in [0.1, 0.15) is 0 Å². The number of hydrogen-bond donors (Lipinski definition) is 0. The van der Waals surface area contributed by atoms with Crippen LogP contribution in [0.25, 0.3) is 0 Å². The van der Waals surface area contributed by atoms with Crippen LogP contribution in [0.4, 0.5) is 0 Å². The van der Waals surface area contributed by atoms with Crippen molar-refractivity contribution in [3.05, 3.63) is 35.9 Å². The lowest BCUT2D eigenvalue weighted by molar-refractivity contribution is -0.00712. The molecule has 1 aromatic rings. The van der Waals surface area contributed by atoms with E-state index in [0.29, 0.717) is 13.2 Å². The van der Waals surface area contributed by atoms with E-state index in [0.717, 1.165) is 6.61 Å². The molecule has 78 valence electrons. The molecule has 0 radical (unpaired) electrons. The summed E-state index contributed by atoms with van der Waals surface area (Å²) in [5, 5.41) is 0. The van der Waals surface area contributed by atoms with Crippen molar-refractivity contribution >= 4 is 0 Å². The standard InChI is InChI=1S/C12H18O2/c1-3-14-11(2)9-13-10-12-7-5-4-6-8-12/h4-8,11H,3,9-10H2,1-2H3/t11-/m1/s1. The highest BCUT2D eigenvalue weighted by Gasteiger charge is 2.00. The van der Waals surface area contributed by atoms with Crippen LogP contribution in [0.5, 0.6) is 0 Å². The predicted molar refractivity (Wildman–Crippen MR) is 57.2 cm³/mol. The van der Waals surface area contributed by atoms with Crippen molar-refractivity contribution in [1.29, 1.82) is 0 Å². The second-order valence-corrected chi connectivity index (χ2v) is 3.27. The molecule has 0 unspecified atom stereocenters. The third kappa shape index (κ3) is 4.40. The van der Waals surface area contributed by atoms with Gasteiger partial charge in [-0.3, -0.25) is 0 Å². The Kier molecular flexibility index (Phi) is 5.27. The number of hydrogen-bond acceptors (Lipinski definition) is 2. The normalized spacial score (nSPS) is 12.7. The third-order valence-electron chi connectivity index (χ3n) is 1.92. The maximum atomic E-state index is 5.51. The van der Waals surface area contributed by atoms with Crippen LogP contribution in [0.1, 0.15) is 19.4 Å². The van der Waals surface area contributed by atoms with E-state index in [-0.39, 0.29) is 6.10 Å². The van der Waals surface area contributed by atoms with E-state index in [1.54, 1.807) is 0 Å². The van der Waals surface area contributed by atoms with Crippen molar-refractivity contribution < 1.29 is 9.47 Å². The quantitative estimate of drug-likeness (QED) is 0.693. The smallest absolute Gasteiger partial charge is 0.0780 e. The molecule has 0 heterocycles. The third-order valence-corrected chi connectivity index (χ3v) is 1.92. The van der Waals surface area contributed by atoms with Gasteiger partial charge in [-0.1, -0.05) is 30.3 Å². The van der Waals surface area contributed by atoms with Gasteiger partial charge in [0.15, 0.2) is 0 Å². The van der Waals surface area contributed by atoms with Crippen LogP contribution in [0.15, 0.2) is 30.3 Å². The second kappa shape index (κ2) is 6.57. The molecular weight excluding hydrogens is 176 g/mol. The van der Waals surface area contributed by atoms with Crippen LogP contribution in [0.3, 0.4) is 0 Å². The fraction of sp³-hybridized carbons (Fsp3) is 0.500. The van der Waals surface area contributed by atoms with E-state index in [1.165, 1.54) is 5.56 Å². The van der Waals surface area contributed by atoms with Gasteiger partial charge in [-0.05, 0) is 19.4 Å². The molecule has 0 spiro atoms. The average molecular weight is 194 g/mol. The molecule has 0 N–H and O–H groups in total. The van der Waals surface area contributed by atoms with Crippen LogP contribution in [-0.4, -0.2) is 19.3 Å². The average Bonchev–Trinajstić information content (AvgIpc) is 2.20. The van der Waals surface area contributed by atoms with Crippen LogP contribution in [-0.2, 0) is 16.1 Å². The molecule has 14 heavy (non-hydrogen) atoms. The van der Waals surface area contributed by atoms with Gasteiger partial charge in [-0.15, -0.1) is 0 Å². The molecule has 0 aliphatic carbocycles. The first-order chi connectivity index (χ1) is 6.83. The van der Waals surface area contributed by atoms with Crippen molar-refractivity contribution in [1.82, 2.24) is 0 Å². The molecule has 1 aromatic carbocycles. The van der Waals surface area contributed by atoms with Gasteiger partial charge in [-0.2, -0.15) is 0 Å². The van der Waals surface area contributed by atoms with Crippen LogP contribution >= 0.6 is 0 Å². The number of ether oxygens (including phenoxy) is 2. The van der Waals surface area contributed by atoms with Crippen LogP contribution in [0.2, 0.25) is 0 Å². The summed E-state index contributed by atoms with van der Waals surface area (Å²) in [4.78, 5) is 0. The monoisotopic (exact) mass is 194 g/mol. The van der Waals surface area contributed by atoms with Crippen molar-refractivity contribution in [2.24, 2.45) is 0 Å². The summed E-state index contributed by atoms with van der Waals surface area (Å²) in [5.74, 6) is 0. The Morgan fingerprint density at radius 3 is 2.57 bits per heavy atom. The Hall–Kier alpha value is -0.860. The summed E-state index contributed by atoms with van der Waals surface area (Å²) in [6.07, 6.45) is 0.184. The Labute approximate surface area is 85.8 Å². The number of benzene rings is 1. The lowest BCUT2D eigenvalue weighted by Gasteiger charge is -2.11. The van der Waals surface area contributed by atoms with E-state index in [1.807, 2.05) is 32.0 Å². The Morgan fingerprint density at radius 2 is 1.93 bits per heavy atom. The molecule has 1 rings (SSSR count). The highest BCUT2D eigenvalue weighted by atomic mass is 16.5. The summed E-state index contributed by atoms with van der Waals surface area (Å²) in [7, 11) is 0. The van der Waals surface area contributed by atoms with Crippen LogP contribution in [0, 0.1) is 0 Å². The SMILES string of the molecule is CCO[C@H](C)COCc1ccccc1. The molecule has 0 amide bonds. The molecule has 0 aliphatic heterocycles. The van der Waals surface area contributed by atoms with E-state index in [4.69, 9.17) is 9.47 Å². The highest BCUT2D eigenvalue weighted by molar-refractivity contribution is 5.13. The highest BCUT2D eigenvalue weighted by Crippen LogP contribution is 2.01. The summed E-state index contributed by atoms with van der Waals surface area (Å²) in [6, 6.07) is 10.2. The predicted octanol–water partition coefficient (Wildman–Crippen LogP) is 2.63. The lowest BCUT2D eigenvalue weighted by Crippen LogP contribution is -2.15. The molecular formula is C12H18O2. The minimum Gasteiger partial charge on any atom is -0.376 e. The second-order valence-electron chi connectivity index (χ2n) is 3.27. The molecule has 2 nitrogen and oxygen atoms in total. The van der Waals surface area contributed by atoms with Gasteiger partial charge < -0.3 is 9.47 Å². The van der Waals surface area contributed by atoms with Crippen molar-refractivity contribution in [3.8, 4) is 0 Å². The molecule has 0 aliphatic rings. The summed E-state index contributed by atoms with van der Waals surface area (Å²) in [6.45, 7) is 6.08. The first-order valence-electron chi connectivity index (χ1n) is 5.06. The van der Waals surface area contributed by atoms with E-state index >= 15 is 0 Å². The van der Waals surface area contributed by atoms with Gasteiger partial charge >= 0.3 is 0 Å². The first kappa shape index (κ1) is 11.2. The maximum Gasteiger partial charge on any atom is 0.0780 e. The Bertz CT molecular complexity index is 233. The van der Waals surface area contributed by atoms with E-state index in [2.05, 4.69) is 12.1 Å². The summed E-state index contributed by atoms with van der Waals surface area (Å²) in [5.41, 5.74) is 1.20. The molecule has 0 fully saturated rings. The van der Waals surface area contributed by atoms with Gasteiger partial charge in [0.2, 0.25) is 0 Å². The summed E-state index contributed by atoms with van der Waals surface area (Å²) < 4.78 is 10.9.